The number of hydrogen-bond donors (Lipinski definition) is 1. The van der Waals surface area contributed by atoms with Gasteiger partial charge in [0.15, 0.2) is 0 Å². The van der Waals surface area contributed by atoms with Crippen LogP contribution < -0.4 is 15.6 Å². The third-order valence-electron chi connectivity index (χ3n) is 5.32. The first-order chi connectivity index (χ1) is 16.8. The number of ether oxygens (including phenoxy) is 1. The van der Waals surface area contributed by atoms with Crippen molar-refractivity contribution >= 4 is 39.2 Å². The normalized spacial score (nSPS) is 11.2. The van der Waals surface area contributed by atoms with E-state index in [-0.39, 0.29) is 17.0 Å². The number of hydrogen-bond acceptors (Lipinski definition) is 5. The summed E-state index contributed by atoms with van der Waals surface area (Å²) in [5, 5.41) is 12.4. The molecule has 0 saturated carbocycles. The molecule has 0 bridgehead atoms. The maximum atomic E-state index is 13.5. The molecule has 35 heavy (non-hydrogen) atoms. The highest BCUT2D eigenvalue weighted by Gasteiger charge is 2.19. The van der Waals surface area contributed by atoms with Crippen molar-refractivity contribution in [3.8, 4) is 17.7 Å². The molecule has 0 spiro atoms. The van der Waals surface area contributed by atoms with Gasteiger partial charge >= 0.3 is 0 Å². The number of pyridine rings is 1. The maximum Gasteiger partial charge on any atom is 0.269 e. The van der Waals surface area contributed by atoms with E-state index in [0.29, 0.717) is 17.1 Å². The van der Waals surface area contributed by atoms with Gasteiger partial charge in [-0.15, -0.1) is 0 Å². The number of rotatable bonds is 5. The van der Waals surface area contributed by atoms with Gasteiger partial charge in [0.1, 0.15) is 28.6 Å². The summed E-state index contributed by atoms with van der Waals surface area (Å²) in [4.78, 5) is 30.9. The van der Waals surface area contributed by atoms with Crippen molar-refractivity contribution in [2.45, 2.75) is 20.8 Å². The average Bonchev–Trinajstić information content (AvgIpc) is 2.81. The van der Waals surface area contributed by atoms with Crippen molar-refractivity contribution in [2.24, 2.45) is 0 Å². The third kappa shape index (κ3) is 5.15. The van der Waals surface area contributed by atoms with E-state index in [1.165, 1.54) is 10.5 Å². The Balaban J connectivity index is 1.85. The van der Waals surface area contributed by atoms with Crippen LogP contribution in [0, 0.1) is 32.1 Å². The molecule has 7 nitrogen and oxygen atoms in total. The summed E-state index contributed by atoms with van der Waals surface area (Å²) >= 11 is 3.35. The molecule has 174 valence electrons. The highest BCUT2D eigenvalue weighted by molar-refractivity contribution is 9.10. The molecule has 2 aromatic heterocycles. The smallest absolute Gasteiger partial charge is 0.269 e. The van der Waals surface area contributed by atoms with E-state index in [4.69, 9.17) is 4.74 Å². The fourth-order valence-corrected chi connectivity index (χ4v) is 3.97. The first-order valence-electron chi connectivity index (χ1n) is 10.7. The molecule has 4 rings (SSSR count). The molecular weight excluding hydrogens is 508 g/mol. The Hall–Kier alpha value is -4.22. The van der Waals surface area contributed by atoms with Gasteiger partial charge in [-0.1, -0.05) is 45.8 Å². The molecule has 0 aliphatic rings. The molecule has 2 heterocycles. The molecule has 0 radical (unpaired) electrons. The van der Waals surface area contributed by atoms with Crippen molar-refractivity contribution in [3.05, 3.63) is 103 Å². The highest BCUT2D eigenvalue weighted by Crippen LogP contribution is 2.28. The minimum absolute atomic E-state index is 0.00554. The lowest BCUT2D eigenvalue weighted by atomic mass is 10.1. The molecule has 4 aromatic rings. The number of carbonyl (C=O) groups is 1. The summed E-state index contributed by atoms with van der Waals surface area (Å²) in [7, 11) is 0. The van der Waals surface area contributed by atoms with E-state index in [9.17, 15) is 14.9 Å². The van der Waals surface area contributed by atoms with Crippen LogP contribution in [0.2, 0.25) is 0 Å². The van der Waals surface area contributed by atoms with Crippen LogP contribution in [0.25, 0.3) is 11.7 Å². The third-order valence-corrected chi connectivity index (χ3v) is 5.82. The molecule has 0 unspecified atom stereocenters. The van der Waals surface area contributed by atoms with Gasteiger partial charge in [0.2, 0.25) is 5.88 Å². The van der Waals surface area contributed by atoms with Crippen molar-refractivity contribution in [3.63, 3.8) is 0 Å². The quantitative estimate of drug-likeness (QED) is 0.264. The standard InChI is InChI=1S/C27H21BrN4O3/c1-16-9-10-23(18(3)12-16)35-26-22(27(34)32-11-5-6-17(2)24(32)31-26)13-19(15-29)25(33)30-21-8-4-7-20(28)14-21/h4-14H,1-3H3,(H,30,33)/b19-13-. The molecular formula is C27H21BrN4O3. The zero-order chi connectivity index (χ0) is 25.1. The molecule has 0 aliphatic carbocycles. The number of benzene rings is 2. The van der Waals surface area contributed by atoms with Crippen LogP contribution >= 0.6 is 15.9 Å². The van der Waals surface area contributed by atoms with Crippen molar-refractivity contribution in [1.29, 1.82) is 5.26 Å². The fourth-order valence-electron chi connectivity index (χ4n) is 3.57. The second-order valence-electron chi connectivity index (χ2n) is 8.03. The molecule has 0 aliphatic heterocycles. The monoisotopic (exact) mass is 528 g/mol. The second-order valence-corrected chi connectivity index (χ2v) is 8.94. The largest absolute Gasteiger partial charge is 0.438 e. The summed E-state index contributed by atoms with van der Waals surface area (Å²) in [6, 6.07) is 18.1. The number of halogens is 1. The first kappa shape index (κ1) is 23.9. The van der Waals surface area contributed by atoms with Crippen molar-refractivity contribution < 1.29 is 9.53 Å². The van der Waals surface area contributed by atoms with Gasteiger partial charge < -0.3 is 10.1 Å². The zero-order valence-corrected chi connectivity index (χ0v) is 20.9. The highest BCUT2D eigenvalue weighted by atomic mass is 79.9. The van der Waals surface area contributed by atoms with Crippen LogP contribution in [0.15, 0.2) is 75.6 Å². The van der Waals surface area contributed by atoms with Gasteiger partial charge in [0.25, 0.3) is 11.5 Å². The van der Waals surface area contributed by atoms with Crippen LogP contribution in [0.3, 0.4) is 0 Å². The van der Waals surface area contributed by atoms with Gasteiger partial charge in [-0.25, -0.2) is 0 Å². The number of anilines is 1. The lowest BCUT2D eigenvalue weighted by Crippen LogP contribution is -2.20. The molecule has 8 heteroatoms. The van der Waals surface area contributed by atoms with E-state index >= 15 is 0 Å². The molecule has 0 fully saturated rings. The average molecular weight is 529 g/mol. The Morgan fingerprint density at radius 1 is 1.11 bits per heavy atom. The van der Waals surface area contributed by atoms with Gasteiger partial charge in [0.05, 0.1) is 0 Å². The van der Waals surface area contributed by atoms with Crippen LogP contribution in [0.1, 0.15) is 22.3 Å². The van der Waals surface area contributed by atoms with Crippen LogP contribution in [-0.4, -0.2) is 15.3 Å². The minimum Gasteiger partial charge on any atom is -0.438 e. The molecule has 0 atom stereocenters. The van der Waals surface area contributed by atoms with E-state index in [2.05, 4.69) is 26.2 Å². The molecule has 2 aromatic carbocycles. The van der Waals surface area contributed by atoms with E-state index in [0.717, 1.165) is 21.2 Å². The van der Waals surface area contributed by atoms with Gasteiger partial charge in [0, 0.05) is 16.4 Å². The second kappa shape index (κ2) is 9.95. The Labute approximate surface area is 210 Å². The predicted molar refractivity (Wildman–Crippen MR) is 139 cm³/mol. The zero-order valence-electron chi connectivity index (χ0n) is 19.3. The first-order valence-corrected chi connectivity index (χ1v) is 11.5. The van der Waals surface area contributed by atoms with Crippen molar-refractivity contribution in [2.75, 3.05) is 5.32 Å². The van der Waals surface area contributed by atoms with E-state index < -0.39 is 11.5 Å². The number of carbonyl (C=O) groups excluding carboxylic acids is 1. The number of fused-ring (bicyclic) bond motifs is 1. The van der Waals surface area contributed by atoms with Crippen LogP contribution in [0.5, 0.6) is 11.6 Å². The number of nitriles is 1. The summed E-state index contributed by atoms with van der Waals surface area (Å²) in [5.74, 6) is -0.122. The van der Waals surface area contributed by atoms with Crippen LogP contribution in [-0.2, 0) is 4.79 Å². The number of aromatic nitrogens is 2. The van der Waals surface area contributed by atoms with Gasteiger partial charge in [-0.05, 0) is 68.3 Å². The Morgan fingerprint density at radius 2 is 1.91 bits per heavy atom. The number of amides is 1. The lowest BCUT2D eigenvalue weighted by molar-refractivity contribution is -0.112. The van der Waals surface area contributed by atoms with E-state index in [1.807, 2.05) is 51.1 Å². The SMILES string of the molecule is Cc1ccc(Oc2nc3c(C)cccn3c(=O)c2/C=C(/C#N)C(=O)Nc2cccc(Br)c2)c(C)c1. The van der Waals surface area contributed by atoms with Gasteiger partial charge in [-0.2, -0.15) is 10.2 Å². The topological polar surface area (TPSA) is 96.5 Å². The summed E-state index contributed by atoms with van der Waals surface area (Å²) in [5.41, 5.74) is 2.90. The maximum absolute atomic E-state index is 13.5. The Morgan fingerprint density at radius 3 is 2.63 bits per heavy atom. The Kier molecular flexibility index (Phi) is 6.80. The van der Waals surface area contributed by atoms with Gasteiger partial charge in [-0.3, -0.25) is 14.0 Å². The predicted octanol–water partition coefficient (Wildman–Crippen LogP) is 5.72. The van der Waals surface area contributed by atoms with Crippen molar-refractivity contribution in [1.82, 2.24) is 9.38 Å². The number of aryl methyl sites for hydroxylation is 3. The number of nitrogens with one attached hydrogen (secondary N) is 1. The van der Waals surface area contributed by atoms with Crippen LogP contribution in [0.4, 0.5) is 5.69 Å². The molecule has 1 N–H and O–H groups in total. The molecule has 1 amide bonds. The lowest BCUT2D eigenvalue weighted by Gasteiger charge is -2.13. The number of nitrogens with zero attached hydrogens (tertiary/aromatic N) is 3. The summed E-state index contributed by atoms with van der Waals surface area (Å²) in [6.45, 7) is 5.70. The summed E-state index contributed by atoms with van der Waals surface area (Å²) in [6.07, 6.45) is 2.81. The fraction of sp³-hybridized carbons (Fsp3) is 0.111. The Bertz CT molecular complexity index is 1600. The molecule has 0 saturated heterocycles. The minimum atomic E-state index is -0.656. The summed E-state index contributed by atoms with van der Waals surface area (Å²) < 4.78 is 8.23. The van der Waals surface area contributed by atoms with E-state index in [1.54, 1.807) is 36.5 Å².